The lowest BCUT2D eigenvalue weighted by molar-refractivity contribution is 0.105. The molecular formula is C17H23N3O2. The van der Waals surface area contributed by atoms with Crippen LogP contribution in [0, 0.1) is 0 Å². The van der Waals surface area contributed by atoms with Crippen molar-refractivity contribution in [3.05, 3.63) is 54.0 Å². The Morgan fingerprint density at radius 2 is 2.05 bits per heavy atom. The van der Waals surface area contributed by atoms with Gasteiger partial charge in [0.15, 0.2) is 0 Å². The van der Waals surface area contributed by atoms with E-state index in [4.69, 9.17) is 4.74 Å². The van der Waals surface area contributed by atoms with Crippen LogP contribution in [-0.2, 0) is 13.1 Å². The molecule has 0 fully saturated rings. The van der Waals surface area contributed by atoms with Crippen molar-refractivity contribution in [2.24, 2.45) is 0 Å². The number of aliphatic hydroxyl groups is 1. The molecule has 5 heteroatoms. The average Bonchev–Trinajstić information content (AvgIpc) is 2.57. The van der Waals surface area contributed by atoms with E-state index in [1.807, 2.05) is 36.5 Å². The molecule has 5 nitrogen and oxygen atoms in total. The first kappa shape index (κ1) is 16.4. The van der Waals surface area contributed by atoms with Crippen LogP contribution in [0.5, 0.6) is 5.88 Å². The Bertz CT molecular complexity index is 542. The zero-order valence-corrected chi connectivity index (χ0v) is 13.1. The van der Waals surface area contributed by atoms with Gasteiger partial charge in [-0.25, -0.2) is 4.98 Å². The first-order chi connectivity index (χ1) is 10.8. The van der Waals surface area contributed by atoms with E-state index in [2.05, 4.69) is 21.8 Å². The topological polar surface area (TPSA) is 58.5 Å². The summed E-state index contributed by atoms with van der Waals surface area (Å²) < 4.78 is 5.08. The highest BCUT2D eigenvalue weighted by Gasteiger charge is 2.17. The second kappa shape index (κ2) is 8.46. The molecule has 0 aliphatic heterocycles. The third kappa shape index (κ3) is 4.51. The highest BCUT2D eigenvalue weighted by atomic mass is 16.5. The Hall–Kier alpha value is -1.98. The van der Waals surface area contributed by atoms with Gasteiger partial charge in [-0.1, -0.05) is 19.1 Å². The molecule has 0 aliphatic carbocycles. The minimum atomic E-state index is 0.101. The van der Waals surface area contributed by atoms with Crippen molar-refractivity contribution in [3.63, 3.8) is 0 Å². The molecular weight excluding hydrogens is 278 g/mol. The maximum atomic E-state index is 9.64. The predicted octanol–water partition coefficient (Wildman–Crippen LogP) is 2.26. The van der Waals surface area contributed by atoms with Gasteiger partial charge in [0, 0.05) is 37.6 Å². The van der Waals surface area contributed by atoms with Crippen LogP contribution in [0.25, 0.3) is 0 Å². The summed E-state index contributed by atoms with van der Waals surface area (Å²) in [5.74, 6) is 0.606. The monoisotopic (exact) mass is 301 g/mol. The molecule has 0 bridgehead atoms. The van der Waals surface area contributed by atoms with Crippen molar-refractivity contribution in [3.8, 4) is 5.88 Å². The molecule has 0 amide bonds. The maximum absolute atomic E-state index is 9.64. The highest BCUT2D eigenvalue weighted by molar-refractivity contribution is 5.18. The molecule has 0 radical (unpaired) electrons. The fraction of sp³-hybridized carbons (Fsp3) is 0.412. The summed E-state index contributed by atoms with van der Waals surface area (Å²) in [4.78, 5) is 10.8. The van der Waals surface area contributed by atoms with Crippen molar-refractivity contribution in [1.82, 2.24) is 14.9 Å². The van der Waals surface area contributed by atoms with Crippen LogP contribution >= 0.6 is 0 Å². The molecule has 118 valence electrons. The molecule has 1 atom stereocenters. The van der Waals surface area contributed by atoms with Crippen molar-refractivity contribution < 1.29 is 9.84 Å². The standard InChI is InChI=1S/C17H23N3O2/c1-3-16(13-21)20(12-15-6-4-5-9-18-15)11-14-7-8-17(22-2)19-10-14/h4-10,16,21H,3,11-13H2,1-2H3/t16-/m1/s1. The van der Waals surface area contributed by atoms with Gasteiger partial charge in [0.25, 0.3) is 0 Å². The molecule has 0 saturated heterocycles. The van der Waals surface area contributed by atoms with Crippen molar-refractivity contribution in [1.29, 1.82) is 0 Å². The first-order valence-electron chi connectivity index (χ1n) is 7.50. The number of aromatic nitrogens is 2. The van der Waals surface area contributed by atoms with Gasteiger partial charge < -0.3 is 9.84 Å². The fourth-order valence-corrected chi connectivity index (χ4v) is 2.38. The Kier molecular flexibility index (Phi) is 6.30. The minimum Gasteiger partial charge on any atom is -0.481 e. The lowest BCUT2D eigenvalue weighted by atomic mass is 10.1. The quantitative estimate of drug-likeness (QED) is 0.810. The van der Waals surface area contributed by atoms with Crippen LogP contribution in [0.15, 0.2) is 42.7 Å². The van der Waals surface area contributed by atoms with E-state index in [1.54, 1.807) is 13.3 Å². The van der Waals surface area contributed by atoms with Gasteiger partial charge in [0.2, 0.25) is 5.88 Å². The van der Waals surface area contributed by atoms with E-state index in [9.17, 15) is 5.11 Å². The summed E-state index contributed by atoms with van der Waals surface area (Å²) in [6.07, 6.45) is 4.49. The second-order valence-electron chi connectivity index (χ2n) is 5.18. The summed E-state index contributed by atoms with van der Waals surface area (Å²) >= 11 is 0. The molecule has 0 aliphatic rings. The molecule has 2 rings (SSSR count). The number of nitrogens with zero attached hydrogens (tertiary/aromatic N) is 3. The van der Waals surface area contributed by atoms with E-state index in [-0.39, 0.29) is 12.6 Å². The molecule has 2 aromatic rings. The van der Waals surface area contributed by atoms with Gasteiger partial charge in [-0.2, -0.15) is 0 Å². The van der Waals surface area contributed by atoms with Gasteiger partial charge >= 0.3 is 0 Å². The Morgan fingerprint density at radius 1 is 1.18 bits per heavy atom. The maximum Gasteiger partial charge on any atom is 0.212 e. The van der Waals surface area contributed by atoms with Crippen LogP contribution in [0.4, 0.5) is 0 Å². The summed E-state index contributed by atoms with van der Waals surface area (Å²) in [5, 5.41) is 9.64. The normalized spacial score (nSPS) is 12.4. The summed E-state index contributed by atoms with van der Waals surface area (Å²) in [6.45, 7) is 3.63. The molecule has 2 aromatic heterocycles. The first-order valence-corrected chi connectivity index (χ1v) is 7.50. The summed E-state index contributed by atoms with van der Waals surface area (Å²) in [7, 11) is 1.61. The second-order valence-corrected chi connectivity index (χ2v) is 5.18. The number of hydrogen-bond donors (Lipinski definition) is 1. The summed E-state index contributed by atoms with van der Waals surface area (Å²) in [6, 6.07) is 9.85. The highest BCUT2D eigenvalue weighted by Crippen LogP contribution is 2.15. The molecule has 0 aromatic carbocycles. The largest absolute Gasteiger partial charge is 0.481 e. The smallest absolute Gasteiger partial charge is 0.212 e. The lowest BCUT2D eigenvalue weighted by Crippen LogP contribution is -2.36. The predicted molar refractivity (Wildman–Crippen MR) is 85.4 cm³/mol. The van der Waals surface area contributed by atoms with Crippen LogP contribution in [0.3, 0.4) is 0 Å². The molecule has 0 saturated carbocycles. The third-order valence-electron chi connectivity index (χ3n) is 3.68. The number of hydrogen-bond acceptors (Lipinski definition) is 5. The van der Waals surface area contributed by atoms with E-state index in [0.717, 1.165) is 17.7 Å². The zero-order chi connectivity index (χ0) is 15.8. The SMILES string of the molecule is CC[C@H](CO)N(Cc1ccc(OC)nc1)Cc1ccccn1. The van der Waals surface area contributed by atoms with Gasteiger partial charge in [-0.3, -0.25) is 9.88 Å². The van der Waals surface area contributed by atoms with Gasteiger partial charge in [0.05, 0.1) is 19.4 Å². The van der Waals surface area contributed by atoms with Gasteiger partial charge in [-0.05, 0) is 24.1 Å². The van der Waals surface area contributed by atoms with E-state index in [1.165, 1.54) is 0 Å². The fourth-order valence-electron chi connectivity index (χ4n) is 2.38. The third-order valence-corrected chi connectivity index (χ3v) is 3.68. The number of pyridine rings is 2. The number of aliphatic hydroxyl groups excluding tert-OH is 1. The Morgan fingerprint density at radius 3 is 2.59 bits per heavy atom. The van der Waals surface area contributed by atoms with E-state index in [0.29, 0.717) is 19.0 Å². The van der Waals surface area contributed by atoms with Crippen molar-refractivity contribution in [2.75, 3.05) is 13.7 Å². The molecule has 2 heterocycles. The number of ether oxygens (including phenoxy) is 1. The zero-order valence-electron chi connectivity index (χ0n) is 13.1. The van der Waals surface area contributed by atoms with Crippen molar-refractivity contribution in [2.45, 2.75) is 32.5 Å². The van der Waals surface area contributed by atoms with E-state index >= 15 is 0 Å². The van der Waals surface area contributed by atoms with Crippen LogP contribution in [0.1, 0.15) is 24.6 Å². The van der Waals surface area contributed by atoms with Crippen LogP contribution in [-0.4, -0.2) is 39.7 Å². The summed E-state index contributed by atoms with van der Waals surface area (Å²) in [5.41, 5.74) is 2.08. The molecule has 22 heavy (non-hydrogen) atoms. The molecule has 1 N–H and O–H groups in total. The number of rotatable bonds is 8. The van der Waals surface area contributed by atoms with Crippen LogP contribution in [0.2, 0.25) is 0 Å². The minimum absolute atomic E-state index is 0.101. The molecule has 0 unspecified atom stereocenters. The number of methoxy groups -OCH3 is 1. The van der Waals surface area contributed by atoms with E-state index < -0.39 is 0 Å². The van der Waals surface area contributed by atoms with Crippen molar-refractivity contribution >= 4 is 0 Å². The van der Waals surface area contributed by atoms with Gasteiger partial charge in [0.1, 0.15) is 0 Å². The Balaban J connectivity index is 2.12. The van der Waals surface area contributed by atoms with Gasteiger partial charge in [-0.15, -0.1) is 0 Å². The van der Waals surface area contributed by atoms with Crippen LogP contribution < -0.4 is 4.74 Å². The Labute approximate surface area is 131 Å². The average molecular weight is 301 g/mol. The molecule has 0 spiro atoms. The lowest BCUT2D eigenvalue weighted by Gasteiger charge is -2.29.